The van der Waals surface area contributed by atoms with Gasteiger partial charge in [-0.2, -0.15) is 0 Å². The number of nitrogens with one attached hydrogen (secondary N) is 3. The van der Waals surface area contributed by atoms with Crippen LogP contribution in [-0.4, -0.2) is 91.3 Å². The largest absolute Gasteiger partial charge is 0.478 e. The molecule has 38 heavy (non-hydrogen) atoms. The van der Waals surface area contributed by atoms with Crippen molar-refractivity contribution in [1.82, 2.24) is 39.5 Å². The van der Waals surface area contributed by atoms with Crippen molar-refractivity contribution in [1.29, 1.82) is 0 Å². The number of carbonyl (C=O) groups is 1. The van der Waals surface area contributed by atoms with E-state index in [1.807, 2.05) is 40.1 Å². The standard InChI is InChI=1S/C26H34N10O2/c1-16-13-29-25(30-19-15-35(5)33-23(19)38-6)31-20(16)18-14-28-21-17(18)7-8-27-22(21)32-24(37)26(2,3)36-11-9-34(4)10-12-36/h7-8,13-15,28H,9-12H2,1-6H3,(H,27,32,37)(H,29,30,31). The number of H-pyrrole nitrogens is 1. The Bertz CT molecular complexity index is 1470. The van der Waals surface area contributed by atoms with Gasteiger partial charge in [0.15, 0.2) is 5.82 Å². The third kappa shape index (κ3) is 4.79. The lowest BCUT2D eigenvalue weighted by molar-refractivity contribution is -0.127. The number of amides is 1. The van der Waals surface area contributed by atoms with E-state index < -0.39 is 5.54 Å². The summed E-state index contributed by atoms with van der Waals surface area (Å²) in [6.45, 7) is 9.45. The van der Waals surface area contributed by atoms with Gasteiger partial charge in [0.25, 0.3) is 5.88 Å². The number of hydrogen-bond donors (Lipinski definition) is 3. The zero-order valence-corrected chi connectivity index (χ0v) is 22.7. The highest BCUT2D eigenvalue weighted by Gasteiger charge is 2.36. The Balaban J connectivity index is 1.42. The second kappa shape index (κ2) is 10.0. The number of ether oxygens (including phenoxy) is 1. The molecule has 0 bridgehead atoms. The maximum absolute atomic E-state index is 13.4. The topological polar surface area (TPSA) is 129 Å². The van der Waals surface area contributed by atoms with Crippen LogP contribution in [-0.2, 0) is 11.8 Å². The van der Waals surface area contributed by atoms with Gasteiger partial charge in [0, 0.05) is 62.8 Å². The molecule has 1 amide bonds. The summed E-state index contributed by atoms with van der Waals surface area (Å²) in [4.78, 5) is 34.9. The Morgan fingerprint density at radius 1 is 1.16 bits per heavy atom. The molecule has 4 aromatic heterocycles. The smallest absolute Gasteiger partial charge is 0.256 e. The molecule has 5 heterocycles. The lowest BCUT2D eigenvalue weighted by Gasteiger charge is -2.41. The predicted octanol–water partition coefficient (Wildman–Crippen LogP) is 2.78. The van der Waals surface area contributed by atoms with E-state index >= 15 is 0 Å². The Labute approximate surface area is 221 Å². The summed E-state index contributed by atoms with van der Waals surface area (Å²) < 4.78 is 6.99. The summed E-state index contributed by atoms with van der Waals surface area (Å²) >= 11 is 0. The Hall–Kier alpha value is -4.03. The van der Waals surface area contributed by atoms with Crippen LogP contribution in [0.2, 0.25) is 0 Å². The first-order valence-corrected chi connectivity index (χ1v) is 12.6. The first kappa shape index (κ1) is 25.6. The fourth-order valence-electron chi connectivity index (χ4n) is 4.71. The van der Waals surface area contributed by atoms with Gasteiger partial charge < -0.3 is 25.3 Å². The van der Waals surface area contributed by atoms with Crippen LogP contribution in [0.3, 0.4) is 0 Å². The molecule has 0 saturated carbocycles. The molecule has 0 radical (unpaired) electrons. The van der Waals surface area contributed by atoms with Gasteiger partial charge in [0.05, 0.1) is 30.1 Å². The molecule has 0 aliphatic carbocycles. The van der Waals surface area contributed by atoms with Gasteiger partial charge in [-0.3, -0.25) is 14.4 Å². The van der Waals surface area contributed by atoms with Crippen LogP contribution in [0.4, 0.5) is 17.5 Å². The van der Waals surface area contributed by atoms with Crippen LogP contribution in [0.15, 0.2) is 30.9 Å². The van der Waals surface area contributed by atoms with Crippen molar-refractivity contribution in [3.05, 3.63) is 36.4 Å². The molecule has 3 N–H and O–H groups in total. The van der Waals surface area contributed by atoms with E-state index in [0.717, 1.165) is 53.9 Å². The number of methoxy groups -OCH3 is 1. The molecule has 4 aromatic rings. The van der Waals surface area contributed by atoms with E-state index in [-0.39, 0.29) is 5.91 Å². The molecule has 1 saturated heterocycles. The first-order chi connectivity index (χ1) is 18.2. The molecule has 12 heteroatoms. The molecule has 0 atom stereocenters. The minimum absolute atomic E-state index is 0.0895. The zero-order chi connectivity index (χ0) is 27.0. The van der Waals surface area contributed by atoms with E-state index in [1.54, 1.807) is 30.4 Å². The molecule has 1 fully saturated rings. The number of piperazine rings is 1. The summed E-state index contributed by atoms with van der Waals surface area (Å²) in [6.07, 6.45) is 7.16. The number of fused-ring (bicyclic) bond motifs is 1. The molecule has 1 aliphatic heterocycles. The van der Waals surface area contributed by atoms with E-state index in [4.69, 9.17) is 9.72 Å². The van der Waals surface area contributed by atoms with Gasteiger partial charge in [-0.05, 0) is 39.4 Å². The van der Waals surface area contributed by atoms with Crippen LogP contribution in [0, 0.1) is 6.92 Å². The number of rotatable bonds is 7. The summed E-state index contributed by atoms with van der Waals surface area (Å²) in [5.74, 6) is 1.28. The molecular weight excluding hydrogens is 484 g/mol. The highest BCUT2D eigenvalue weighted by atomic mass is 16.5. The maximum Gasteiger partial charge on any atom is 0.256 e. The van der Waals surface area contributed by atoms with Gasteiger partial charge in [0.1, 0.15) is 5.69 Å². The minimum Gasteiger partial charge on any atom is -0.478 e. The molecule has 0 spiro atoms. The predicted molar refractivity (Wildman–Crippen MR) is 147 cm³/mol. The average Bonchev–Trinajstić information content (AvgIpc) is 3.48. The second-order valence-corrected chi connectivity index (χ2v) is 10.2. The van der Waals surface area contributed by atoms with Gasteiger partial charge >= 0.3 is 0 Å². The SMILES string of the molecule is COc1nn(C)cc1Nc1ncc(C)c(-c2c[nH]c3c(NC(=O)C(C)(C)N4CCN(C)CC4)nccc23)n1. The van der Waals surface area contributed by atoms with Crippen molar-refractivity contribution in [3.63, 3.8) is 0 Å². The second-order valence-electron chi connectivity index (χ2n) is 10.2. The quantitative estimate of drug-likeness (QED) is 0.338. The van der Waals surface area contributed by atoms with Crippen LogP contribution in [0.5, 0.6) is 5.88 Å². The van der Waals surface area contributed by atoms with Crippen molar-refractivity contribution in [2.24, 2.45) is 7.05 Å². The van der Waals surface area contributed by atoms with Gasteiger partial charge in [-0.25, -0.2) is 15.0 Å². The van der Waals surface area contributed by atoms with Crippen molar-refractivity contribution in [2.75, 3.05) is 51.0 Å². The lowest BCUT2D eigenvalue weighted by atomic mass is 10.00. The van der Waals surface area contributed by atoms with Gasteiger partial charge in [-0.1, -0.05) is 0 Å². The summed E-state index contributed by atoms with van der Waals surface area (Å²) in [5, 5.41) is 11.4. The van der Waals surface area contributed by atoms with E-state index in [2.05, 4.69) is 47.5 Å². The molecular formula is C26H34N10O2. The van der Waals surface area contributed by atoms with Crippen LogP contribution < -0.4 is 15.4 Å². The number of likely N-dealkylation sites (N-methyl/N-ethyl adjacent to an activating group) is 1. The molecule has 0 unspecified atom stereocenters. The van der Waals surface area contributed by atoms with Crippen molar-refractivity contribution >= 4 is 34.3 Å². The number of pyridine rings is 1. The maximum atomic E-state index is 13.4. The number of hydrogen-bond acceptors (Lipinski definition) is 9. The third-order valence-corrected chi connectivity index (χ3v) is 7.14. The minimum atomic E-state index is -0.669. The lowest BCUT2D eigenvalue weighted by Crippen LogP contribution is -2.58. The molecule has 12 nitrogen and oxygen atoms in total. The Kier molecular flexibility index (Phi) is 6.76. The van der Waals surface area contributed by atoms with Crippen LogP contribution >= 0.6 is 0 Å². The molecule has 1 aliphatic rings. The van der Waals surface area contributed by atoms with Crippen molar-refractivity contribution in [2.45, 2.75) is 26.3 Å². The summed E-state index contributed by atoms with van der Waals surface area (Å²) in [7, 11) is 5.49. The Morgan fingerprint density at radius 2 is 1.92 bits per heavy atom. The zero-order valence-electron chi connectivity index (χ0n) is 22.7. The third-order valence-electron chi connectivity index (χ3n) is 7.14. The van der Waals surface area contributed by atoms with Crippen LogP contribution in [0.1, 0.15) is 19.4 Å². The molecule has 0 aromatic carbocycles. The fourth-order valence-corrected chi connectivity index (χ4v) is 4.71. The Morgan fingerprint density at radius 3 is 2.66 bits per heavy atom. The monoisotopic (exact) mass is 518 g/mol. The average molecular weight is 519 g/mol. The highest BCUT2D eigenvalue weighted by Crippen LogP contribution is 2.33. The normalized spacial score (nSPS) is 15.1. The van der Waals surface area contributed by atoms with Gasteiger partial charge in [-0.15, -0.1) is 5.10 Å². The van der Waals surface area contributed by atoms with E-state index in [1.165, 1.54) is 0 Å². The van der Waals surface area contributed by atoms with E-state index in [0.29, 0.717) is 23.3 Å². The number of nitrogens with zero attached hydrogens (tertiary/aromatic N) is 7. The number of carbonyl (C=O) groups excluding carboxylic acids is 1. The number of aromatic nitrogens is 6. The fraction of sp³-hybridized carbons (Fsp3) is 0.423. The number of anilines is 3. The van der Waals surface area contributed by atoms with E-state index in [9.17, 15) is 4.79 Å². The van der Waals surface area contributed by atoms with Crippen molar-refractivity contribution in [3.8, 4) is 17.1 Å². The summed E-state index contributed by atoms with van der Waals surface area (Å²) in [5.41, 5.74) is 3.30. The molecule has 5 rings (SSSR count). The molecule has 200 valence electrons. The summed E-state index contributed by atoms with van der Waals surface area (Å²) in [6, 6.07) is 1.92. The number of aromatic amines is 1. The van der Waals surface area contributed by atoms with Crippen molar-refractivity contribution < 1.29 is 9.53 Å². The highest BCUT2D eigenvalue weighted by molar-refractivity contribution is 6.06. The number of aryl methyl sites for hydroxylation is 2. The van der Waals surface area contributed by atoms with Gasteiger partial charge in [0.2, 0.25) is 11.9 Å². The van der Waals surface area contributed by atoms with Crippen LogP contribution in [0.25, 0.3) is 22.2 Å². The first-order valence-electron chi connectivity index (χ1n) is 12.6.